The van der Waals surface area contributed by atoms with Crippen molar-refractivity contribution >= 4 is 22.8 Å². The predicted octanol–water partition coefficient (Wildman–Crippen LogP) is 3.17. The number of carbonyl (C=O) groups is 1. The van der Waals surface area contributed by atoms with Gasteiger partial charge in [-0.3, -0.25) is 9.78 Å². The second kappa shape index (κ2) is 7.15. The number of likely N-dealkylation sites (tertiary alicyclic amines) is 1. The molecule has 2 aromatic heterocycles. The monoisotopic (exact) mass is 359 g/mol. The highest BCUT2D eigenvalue weighted by Crippen LogP contribution is 2.35. The first-order chi connectivity index (χ1) is 13.2. The summed E-state index contributed by atoms with van der Waals surface area (Å²) in [6, 6.07) is 8.16. The topological polar surface area (TPSA) is 85.0 Å². The number of rotatable bonds is 3. The van der Waals surface area contributed by atoms with Crippen LogP contribution in [0.4, 0.5) is 5.95 Å². The Balaban J connectivity index is 1.83. The van der Waals surface area contributed by atoms with Crippen molar-refractivity contribution in [2.24, 2.45) is 0 Å². The first-order valence-corrected chi connectivity index (χ1v) is 9.03. The Morgan fingerprint density at radius 3 is 2.96 bits per heavy atom. The third kappa shape index (κ3) is 3.38. The SMILES string of the molecule is C=CC(=O)N1CCCC(c2cc(-c3cccnc3)cc3cnc(N)nc23)C1. The number of carbonyl (C=O) groups excluding carboxylic acids is 1. The summed E-state index contributed by atoms with van der Waals surface area (Å²) in [5.74, 6) is 0.422. The number of amides is 1. The fraction of sp³-hybridized carbons (Fsp3) is 0.238. The Bertz CT molecular complexity index is 1000. The quantitative estimate of drug-likeness (QED) is 0.726. The minimum Gasteiger partial charge on any atom is -0.368 e. The van der Waals surface area contributed by atoms with Gasteiger partial charge in [-0.05, 0) is 48.2 Å². The van der Waals surface area contributed by atoms with Crippen LogP contribution in [0.2, 0.25) is 0 Å². The molecule has 1 saturated heterocycles. The normalized spacial score (nSPS) is 17.0. The molecule has 0 aliphatic carbocycles. The third-order valence-corrected chi connectivity index (χ3v) is 5.07. The number of benzene rings is 1. The molecule has 6 nitrogen and oxygen atoms in total. The van der Waals surface area contributed by atoms with Crippen LogP contribution < -0.4 is 5.73 Å². The highest BCUT2D eigenvalue weighted by atomic mass is 16.2. The molecular formula is C21H21N5O. The standard InChI is InChI=1S/C21H21N5O/c1-2-19(27)26-8-4-6-15(13-26)18-10-16(14-5-3-7-23-11-14)9-17-12-24-21(22)25-20(17)18/h2-3,5,7,9-12,15H,1,4,6,8,13H2,(H2,22,24,25). The second-order valence-electron chi connectivity index (χ2n) is 6.80. The van der Waals surface area contributed by atoms with E-state index in [1.807, 2.05) is 23.2 Å². The largest absolute Gasteiger partial charge is 0.368 e. The third-order valence-electron chi connectivity index (χ3n) is 5.07. The summed E-state index contributed by atoms with van der Waals surface area (Å²) in [4.78, 5) is 26.8. The van der Waals surface area contributed by atoms with Crippen LogP contribution >= 0.6 is 0 Å². The van der Waals surface area contributed by atoms with Gasteiger partial charge in [0, 0.05) is 48.5 Å². The van der Waals surface area contributed by atoms with Gasteiger partial charge in [-0.25, -0.2) is 9.97 Å². The highest BCUT2D eigenvalue weighted by molar-refractivity contribution is 5.89. The maximum Gasteiger partial charge on any atom is 0.245 e. The van der Waals surface area contributed by atoms with E-state index in [-0.39, 0.29) is 17.8 Å². The van der Waals surface area contributed by atoms with E-state index in [0.717, 1.165) is 47.0 Å². The van der Waals surface area contributed by atoms with Crippen molar-refractivity contribution in [2.75, 3.05) is 18.8 Å². The van der Waals surface area contributed by atoms with Gasteiger partial charge in [-0.2, -0.15) is 0 Å². The summed E-state index contributed by atoms with van der Waals surface area (Å²) in [5.41, 5.74) is 9.91. The van der Waals surface area contributed by atoms with Gasteiger partial charge in [0.1, 0.15) is 0 Å². The van der Waals surface area contributed by atoms with Crippen LogP contribution in [0.5, 0.6) is 0 Å². The summed E-state index contributed by atoms with van der Waals surface area (Å²) < 4.78 is 0. The summed E-state index contributed by atoms with van der Waals surface area (Å²) in [6.07, 6.45) is 8.69. The van der Waals surface area contributed by atoms with Crippen molar-refractivity contribution in [3.63, 3.8) is 0 Å². The van der Waals surface area contributed by atoms with Crippen LogP contribution in [0.3, 0.4) is 0 Å². The predicted molar refractivity (Wildman–Crippen MR) is 106 cm³/mol. The van der Waals surface area contributed by atoms with Crippen molar-refractivity contribution in [2.45, 2.75) is 18.8 Å². The molecule has 0 saturated carbocycles. The molecule has 1 amide bonds. The van der Waals surface area contributed by atoms with Gasteiger partial charge >= 0.3 is 0 Å². The van der Waals surface area contributed by atoms with E-state index in [2.05, 4.69) is 33.7 Å². The molecule has 0 spiro atoms. The molecule has 1 aromatic carbocycles. The molecule has 1 aliphatic heterocycles. The van der Waals surface area contributed by atoms with Crippen LogP contribution in [0.25, 0.3) is 22.0 Å². The van der Waals surface area contributed by atoms with Gasteiger partial charge in [0.05, 0.1) is 5.52 Å². The molecule has 4 rings (SSSR count). The van der Waals surface area contributed by atoms with Crippen LogP contribution in [-0.4, -0.2) is 38.8 Å². The number of anilines is 1. The molecule has 1 aliphatic rings. The first kappa shape index (κ1) is 17.1. The Labute approximate surface area is 157 Å². The Hall–Kier alpha value is -3.28. The van der Waals surface area contributed by atoms with Gasteiger partial charge in [0.2, 0.25) is 11.9 Å². The maximum atomic E-state index is 12.1. The zero-order valence-corrected chi connectivity index (χ0v) is 15.0. The molecule has 3 aromatic rings. The Morgan fingerprint density at radius 2 is 2.19 bits per heavy atom. The van der Waals surface area contributed by atoms with E-state index in [1.54, 1.807) is 12.4 Å². The lowest BCUT2D eigenvalue weighted by atomic mass is 9.87. The van der Waals surface area contributed by atoms with Crippen molar-refractivity contribution < 1.29 is 4.79 Å². The van der Waals surface area contributed by atoms with Crippen molar-refractivity contribution in [3.8, 4) is 11.1 Å². The molecule has 1 atom stereocenters. The first-order valence-electron chi connectivity index (χ1n) is 9.03. The van der Waals surface area contributed by atoms with Crippen LogP contribution in [-0.2, 0) is 4.79 Å². The van der Waals surface area contributed by atoms with Gasteiger partial charge in [-0.15, -0.1) is 0 Å². The van der Waals surface area contributed by atoms with Gasteiger partial charge in [0.15, 0.2) is 0 Å². The average Bonchev–Trinajstić information content (AvgIpc) is 2.73. The minimum absolute atomic E-state index is 0.0263. The fourth-order valence-corrected chi connectivity index (χ4v) is 3.76. The lowest BCUT2D eigenvalue weighted by Gasteiger charge is -2.33. The molecule has 6 heteroatoms. The Morgan fingerprint density at radius 1 is 1.30 bits per heavy atom. The van der Waals surface area contributed by atoms with Gasteiger partial charge in [0.25, 0.3) is 0 Å². The maximum absolute atomic E-state index is 12.1. The van der Waals surface area contributed by atoms with E-state index < -0.39 is 0 Å². The average molecular weight is 359 g/mol. The second-order valence-corrected chi connectivity index (χ2v) is 6.80. The smallest absolute Gasteiger partial charge is 0.245 e. The number of pyridine rings is 1. The number of fused-ring (bicyclic) bond motifs is 1. The number of nitrogens with two attached hydrogens (primary N) is 1. The lowest BCUT2D eigenvalue weighted by Crippen LogP contribution is -2.38. The molecule has 136 valence electrons. The summed E-state index contributed by atoms with van der Waals surface area (Å²) >= 11 is 0. The van der Waals surface area contributed by atoms with Crippen LogP contribution in [0.15, 0.2) is 55.5 Å². The number of piperidine rings is 1. The zero-order chi connectivity index (χ0) is 18.8. The number of hydrogen-bond acceptors (Lipinski definition) is 5. The van der Waals surface area contributed by atoms with Gasteiger partial charge < -0.3 is 10.6 Å². The van der Waals surface area contributed by atoms with E-state index >= 15 is 0 Å². The number of nitrogen functional groups attached to an aromatic ring is 1. The van der Waals surface area contributed by atoms with Crippen LogP contribution in [0.1, 0.15) is 24.3 Å². The minimum atomic E-state index is -0.0263. The van der Waals surface area contributed by atoms with Crippen LogP contribution in [0, 0.1) is 0 Å². The number of nitrogens with zero attached hydrogens (tertiary/aromatic N) is 4. The van der Waals surface area contributed by atoms with E-state index in [4.69, 9.17) is 5.73 Å². The summed E-state index contributed by atoms with van der Waals surface area (Å²) in [5, 5.41) is 0.938. The van der Waals surface area contributed by atoms with E-state index in [1.165, 1.54) is 6.08 Å². The highest BCUT2D eigenvalue weighted by Gasteiger charge is 2.26. The van der Waals surface area contributed by atoms with Gasteiger partial charge in [-0.1, -0.05) is 12.6 Å². The molecule has 1 fully saturated rings. The van der Waals surface area contributed by atoms with E-state index in [0.29, 0.717) is 6.54 Å². The summed E-state index contributed by atoms with van der Waals surface area (Å²) in [7, 11) is 0. The van der Waals surface area contributed by atoms with Crippen molar-refractivity contribution in [1.29, 1.82) is 0 Å². The summed E-state index contributed by atoms with van der Waals surface area (Å²) in [6.45, 7) is 5.03. The molecule has 3 heterocycles. The molecule has 1 unspecified atom stereocenters. The molecule has 27 heavy (non-hydrogen) atoms. The van der Waals surface area contributed by atoms with E-state index in [9.17, 15) is 4.79 Å². The number of hydrogen-bond donors (Lipinski definition) is 1. The zero-order valence-electron chi connectivity index (χ0n) is 15.0. The molecule has 0 radical (unpaired) electrons. The van der Waals surface area contributed by atoms with Crippen molar-refractivity contribution in [1.82, 2.24) is 19.9 Å². The molecule has 2 N–H and O–H groups in total. The van der Waals surface area contributed by atoms with Crippen molar-refractivity contribution in [3.05, 3.63) is 61.1 Å². The molecular weight excluding hydrogens is 338 g/mol. The Kier molecular flexibility index (Phi) is 4.54. The fourth-order valence-electron chi connectivity index (χ4n) is 3.76. The molecule has 0 bridgehead atoms. The number of aromatic nitrogens is 3. The lowest BCUT2D eigenvalue weighted by molar-refractivity contribution is -0.127.